The molecule has 23 heavy (non-hydrogen) atoms. The summed E-state index contributed by atoms with van der Waals surface area (Å²) in [6, 6.07) is 7.67. The van der Waals surface area contributed by atoms with Crippen LogP contribution in [0.3, 0.4) is 0 Å². The summed E-state index contributed by atoms with van der Waals surface area (Å²) in [5.74, 6) is 0.909. The van der Waals surface area contributed by atoms with E-state index in [2.05, 4.69) is 27.6 Å². The molecule has 2 rings (SSSR count). The normalized spacial score (nSPS) is 15.7. The number of carbonyl (C=O) groups excluding carboxylic acids is 1. The molecular weight excluding hydrogens is 292 g/mol. The lowest BCUT2D eigenvalue weighted by Gasteiger charge is -2.26. The number of piperidine rings is 1. The molecule has 0 spiro atoms. The molecule has 0 bridgehead atoms. The smallest absolute Gasteiger partial charge is 0.332 e. The van der Waals surface area contributed by atoms with Crippen LogP contribution in [0.5, 0.6) is 5.75 Å². The van der Waals surface area contributed by atoms with Crippen molar-refractivity contribution in [3.63, 3.8) is 0 Å². The standard InChI is InChI=1S/C17H26N4O2/c18-17(22)20-19-9-2-5-12-23-16-8-6-7-15(13-16)14-21-10-3-1-4-11-21/h6-9,13H,1-5,10-12,14H2,(H3,18,20,22)/b19-9+. The molecule has 0 atom stereocenters. The molecule has 6 heteroatoms. The summed E-state index contributed by atoms with van der Waals surface area (Å²) in [5, 5.41) is 3.68. The number of nitrogens with one attached hydrogen (secondary N) is 1. The Labute approximate surface area is 137 Å². The molecule has 0 unspecified atom stereocenters. The summed E-state index contributed by atoms with van der Waals surface area (Å²) >= 11 is 0. The Morgan fingerprint density at radius 1 is 1.35 bits per heavy atom. The molecule has 0 aromatic heterocycles. The van der Waals surface area contributed by atoms with Crippen LogP contribution < -0.4 is 15.9 Å². The van der Waals surface area contributed by atoms with Crippen molar-refractivity contribution in [1.29, 1.82) is 0 Å². The number of hydrogen-bond donors (Lipinski definition) is 2. The molecule has 126 valence electrons. The molecule has 3 N–H and O–H groups in total. The van der Waals surface area contributed by atoms with Crippen molar-refractivity contribution in [3.05, 3.63) is 29.8 Å². The van der Waals surface area contributed by atoms with E-state index in [1.807, 2.05) is 12.1 Å². The maximum absolute atomic E-state index is 10.4. The highest BCUT2D eigenvalue weighted by molar-refractivity contribution is 5.72. The Morgan fingerprint density at radius 2 is 2.17 bits per heavy atom. The minimum atomic E-state index is -0.650. The van der Waals surface area contributed by atoms with Gasteiger partial charge in [-0.2, -0.15) is 5.10 Å². The highest BCUT2D eigenvalue weighted by atomic mass is 16.5. The van der Waals surface area contributed by atoms with Crippen LogP contribution in [0.15, 0.2) is 29.4 Å². The number of urea groups is 1. The monoisotopic (exact) mass is 318 g/mol. The number of hydrazone groups is 1. The largest absolute Gasteiger partial charge is 0.494 e. The number of carbonyl (C=O) groups is 1. The molecular formula is C17H26N4O2. The molecule has 1 aromatic rings. The van der Waals surface area contributed by atoms with Crippen LogP contribution in [-0.4, -0.2) is 36.8 Å². The van der Waals surface area contributed by atoms with Crippen LogP contribution in [0.4, 0.5) is 4.79 Å². The van der Waals surface area contributed by atoms with Gasteiger partial charge in [-0.3, -0.25) is 4.90 Å². The number of amides is 2. The number of unbranched alkanes of at least 4 members (excludes halogenated alkanes) is 1. The second kappa shape index (κ2) is 9.84. The van der Waals surface area contributed by atoms with Crippen molar-refractivity contribution in [1.82, 2.24) is 10.3 Å². The molecule has 6 nitrogen and oxygen atoms in total. The first-order valence-corrected chi connectivity index (χ1v) is 8.25. The Kier molecular flexibility index (Phi) is 7.39. The fourth-order valence-electron chi connectivity index (χ4n) is 2.65. The highest BCUT2D eigenvalue weighted by Gasteiger charge is 2.10. The van der Waals surface area contributed by atoms with Crippen molar-refractivity contribution >= 4 is 12.2 Å². The van der Waals surface area contributed by atoms with E-state index < -0.39 is 6.03 Å². The van der Waals surface area contributed by atoms with Crippen LogP contribution in [-0.2, 0) is 6.54 Å². The molecule has 1 saturated heterocycles. The number of primary amides is 1. The van der Waals surface area contributed by atoms with Gasteiger partial charge in [-0.15, -0.1) is 0 Å². The number of nitrogens with zero attached hydrogens (tertiary/aromatic N) is 2. The SMILES string of the molecule is NC(=O)N/N=C/CCCOc1cccc(CN2CCCCC2)c1. The van der Waals surface area contributed by atoms with Crippen LogP contribution in [0.1, 0.15) is 37.7 Å². The highest BCUT2D eigenvalue weighted by Crippen LogP contribution is 2.17. The Bertz CT molecular complexity index is 513. The minimum absolute atomic E-state index is 0.621. The molecule has 0 saturated carbocycles. The van der Waals surface area contributed by atoms with Gasteiger partial charge in [0.25, 0.3) is 0 Å². The van der Waals surface area contributed by atoms with Crippen LogP contribution in [0.25, 0.3) is 0 Å². The number of nitrogens with two attached hydrogens (primary N) is 1. The van der Waals surface area contributed by atoms with E-state index >= 15 is 0 Å². The fraction of sp³-hybridized carbons (Fsp3) is 0.529. The molecule has 2 amide bonds. The molecule has 1 fully saturated rings. The first kappa shape index (κ1) is 17.3. The third kappa shape index (κ3) is 7.15. The zero-order chi connectivity index (χ0) is 16.3. The molecule has 0 aliphatic carbocycles. The van der Waals surface area contributed by atoms with Gasteiger partial charge in [0, 0.05) is 12.8 Å². The minimum Gasteiger partial charge on any atom is -0.494 e. The number of ether oxygens (including phenoxy) is 1. The topological polar surface area (TPSA) is 80.0 Å². The average molecular weight is 318 g/mol. The zero-order valence-electron chi connectivity index (χ0n) is 13.5. The van der Waals surface area contributed by atoms with Gasteiger partial charge in [-0.25, -0.2) is 10.2 Å². The zero-order valence-corrected chi connectivity index (χ0v) is 13.5. The predicted molar refractivity (Wildman–Crippen MR) is 91.5 cm³/mol. The third-order valence-corrected chi connectivity index (χ3v) is 3.77. The van der Waals surface area contributed by atoms with E-state index in [1.54, 1.807) is 6.21 Å². The van der Waals surface area contributed by atoms with Crippen molar-refractivity contribution in [2.24, 2.45) is 10.8 Å². The summed E-state index contributed by atoms with van der Waals surface area (Å²) in [4.78, 5) is 12.9. The van der Waals surface area contributed by atoms with Crippen molar-refractivity contribution in [2.45, 2.75) is 38.6 Å². The first-order chi connectivity index (χ1) is 11.2. The van der Waals surface area contributed by atoms with Gasteiger partial charge in [-0.1, -0.05) is 18.6 Å². The van der Waals surface area contributed by atoms with Gasteiger partial charge < -0.3 is 10.5 Å². The van der Waals surface area contributed by atoms with Gasteiger partial charge in [0.1, 0.15) is 5.75 Å². The van der Waals surface area contributed by atoms with E-state index in [4.69, 9.17) is 10.5 Å². The molecule has 1 aliphatic heterocycles. The number of likely N-dealkylation sites (tertiary alicyclic amines) is 1. The number of hydrogen-bond acceptors (Lipinski definition) is 4. The second-order valence-corrected chi connectivity index (χ2v) is 5.76. The van der Waals surface area contributed by atoms with Gasteiger partial charge in [0.15, 0.2) is 0 Å². The maximum atomic E-state index is 10.4. The molecule has 1 aromatic carbocycles. The summed E-state index contributed by atoms with van der Waals surface area (Å²) in [7, 11) is 0. The second-order valence-electron chi connectivity index (χ2n) is 5.76. The van der Waals surface area contributed by atoms with Crippen molar-refractivity contribution in [2.75, 3.05) is 19.7 Å². The average Bonchev–Trinajstić information content (AvgIpc) is 2.55. The molecule has 1 heterocycles. The van der Waals surface area contributed by atoms with Gasteiger partial charge >= 0.3 is 6.03 Å². The van der Waals surface area contributed by atoms with E-state index in [0.29, 0.717) is 6.61 Å². The van der Waals surface area contributed by atoms with Crippen molar-refractivity contribution in [3.8, 4) is 5.75 Å². The molecule has 1 aliphatic rings. The van der Waals surface area contributed by atoms with Gasteiger partial charge in [0.2, 0.25) is 0 Å². The van der Waals surface area contributed by atoms with E-state index in [-0.39, 0.29) is 0 Å². The summed E-state index contributed by atoms with van der Waals surface area (Å²) < 4.78 is 5.77. The Hall–Kier alpha value is -2.08. The Balaban J connectivity index is 1.68. The lowest BCUT2D eigenvalue weighted by molar-refractivity contribution is 0.220. The van der Waals surface area contributed by atoms with Gasteiger partial charge in [-0.05, 0) is 56.5 Å². The number of rotatable bonds is 8. The fourth-order valence-corrected chi connectivity index (χ4v) is 2.65. The third-order valence-electron chi connectivity index (χ3n) is 3.77. The lowest BCUT2D eigenvalue weighted by Crippen LogP contribution is -2.29. The van der Waals surface area contributed by atoms with Crippen LogP contribution in [0, 0.1) is 0 Å². The summed E-state index contributed by atoms with van der Waals surface area (Å²) in [6.07, 6.45) is 7.16. The quantitative estimate of drug-likeness (QED) is 0.439. The number of benzene rings is 1. The van der Waals surface area contributed by atoms with Crippen molar-refractivity contribution < 1.29 is 9.53 Å². The van der Waals surface area contributed by atoms with Gasteiger partial charge in [0.05, 0.1) is 6.61 Å². The Morgan fingerprint density at radius 3 is 2.96 bits per heavy atom. The predicted octanol–water partition coefficient (Wildman–Crippen LogP) is 2.49. The van der Waals surface area contributed by atoms with E-state index in [0.717, 1.165) is 25.1 Å². The lowest BCUT2D eigenvalue weighted by atomic mass is 10.1. The van der Waals surface area contributed by atoms with E-state index in [9.17, 15) is 4.79 Å². The summed E-state index contributed by atoms with van der Waals surface area (Å²) in [5.41, 5.74) is 8.36. The maximum Gasteiger partial charge on any atom is 0.332 e. The van der Waals surface area contributed by atoms with Crippen LogP contribution in [0.2, 0.25) is 0 Å². The van der Waals surface area contributed by atoms with Crippen LogP contribution >= 0.6 is 0 Å². The summed E-state index contributed by atoms with van der Waals surface area (Å²) in [6.45, 7) is 4.02. The molecule has 0 radical (unpaired) electrons. The first-order valence-electron chi connectivity index (χ1n) is 8.25. The van der Waals surface area contributed by atoms with E-state index in [1.165, 1.54) is 37.9 Å².